The molecule has 1 aliphatic heterocycles. The minimum atomic E-state index is -0.406. The zero-order chi connectivity index (χ0) is 21.7. The summed E-state index contributed by atoms with van der Waals surface area (Å²) in [5, 5.41) is 3.12. The highest BCUT2D eigenvalue weighted by Gasteiger charge is 2.40. The lowest BCUT2D eigenvalue weighted by Gasteiger charge is -2.16. The van der Waals surface area contributed by atoms with E-state index in [9.17, 15) is 9.59 Å². The first-order valence-electron chi connectivity index (χ1n) is 9.72. The number of nitrogens with one attached hydrogen (secondary N) is 1. The second-order valence-electron chi connectivity index (χ2n) is 6.99. The molecule has 30 heavy (non-hydrogen) atoms. The third kappa shape index (κ3) is 4.46. The van der Waals surface area contributed by atoms with Crippen molar-refractivity contribution in [3.05, 3.63) is 59.8 Å². The van der Waals surface area contributed by atoms with Crippen molar-refractivity contribution in [1.82, 2.24) is 4.90 Å². The van der Waals surface area contributed by atoms with Gasteiger partial charge in [0.15, 0.2) is 0 Å². The molecule has 0 aliphatic carbocycles. The molecule has 7 nitrogen and oxygen atoms in total. The molecule has 1 aliphatic rings. The van der Waals surface area contributed by atoms with Gasteiger partial charge in [0.25, 0.3) is 11.8 Å². The first-order valence-corrected chi connectivity index (χ1v) is 9.72. The number of hydrogen-bond donors (Lipinski definition) is 1. The number of para-hydroxylation sites is 1. The topological polar surface area (TPSA) is 77.1 Å². The summed E-state index contributed by atoms with van der Waals surface area (Å²) < 4.78 is 16.2. The van der Waals surface area contributed by atoms with Gasteiger partial charge in [-0.05, 0) is 32.0 Å². The van der Waals surface area contributed by atoms with Crippen molar-refractivity contribution in [3.8, 4) is 11.5 Å². The number of nitrogens with zero attached hydrogens (tertiary/aromatic N) is 1. The Morgan fingerprint density at radius 3 is 2.43 bits per heavy atom. The molecule has 0 bridgehead atoms. The standard InChI is InChI=1S/C23H26N2O5/c1-15(2)30-13-12-25-22(26)20(18-10-5-6-11-19(18)29-4)21(23(25)27)24-16-8-7-9-17(14-16)28-3/h5-11,14-15,24H,12-13H2,1-4H3. The fourth-order valence-corrected chi connectivity index (χ4v) is 3.22. The first kappa shape index (κ1) is 21.4. The molecule has 3 rings (SSSR count). The molecular formula is C23H26N2O5. The summed E-state index contributed by atoms with van der Waals surface area (Å²) in [5.74, 6) is 0.357. The molecule has 0 aromatic heterocycles. The Balaban J connectivity index is 2.01. The van der Waals surface area contributed by atoms with Gasteiger partial charge in [0, 0.05) is 17.3 Å². The number of rotatable bonds is 9. The van der Waals surface area contributed by atoms with Crippen LogP contribution in [0, 0.1) is 0 Å². The van der Waals surface area contributed by atoms with Crippen LogP contribution in [-0.2, 0) is 14.3 Å². The summed E-state index contributed by atoms with van der Waals surface area (Å²) >= 11 is 0. The highest BCUT2D eigenvalue weighted by molar-refractivity contribution is 6.37. The van der Waals surface area contributed by atoms with Crippen molar-refractivity contribution in [2.45, 2.75) is 20.0 Å². The molecule has 1 N–H and O–H groups in total. The largest absolute Gasteiger partial charge is 0.497 e. The molecule has 0 atom stereocenters. The number of benzene rings is 2. The molecule has 2 aromatic rings. The predicted octanol–water partition coefficient (Wildman–Crippen LogP) is 3.32. The third-order valence-electron chi connectivity index (χ3n) is 4.65. The van der Waals surface area contributed by atoms with E-state index < -0.39 is 5.91 Å². The van der Waals surface area contributed by atoms with Crippen molar-refractivity contribution >= 4 is 23.1 Å². The van der Waals surface area contributed by atoms with Crippen LogP contribution in [0.25, 0.3) is 5.57 Å². The van der Waals surface area contributed by atoms with Crippen LogP contribution in [0.1, 0.15) is 19.4 Å². The van der Waals surface area contributed by atoms with Crippen LogP contribution in [0.3, 0.4) is 0 Å². The SMILES string of the molecule is COc1cccc(NC2=C(c3ccccc3OC)C(=O)N(CCOC(C)C)C2=O)c1. The first-order chi connectivity index (χ1) is 14.5. The van der Waals surface area contributed by atoms with E-state index in [4.69, 9.17) is 14.2 Å². The Morgan fingerprint density at radius 2 is 1.73 bits per heavy atom. The summed E-state index contributed by atoms with van der Waals surface area (Å²) in [5.41, 5.74) is 1.65. The number of carbonyl (C=O) groups is 2. The maximum Gasteiger partial charge on any atom is 0.278 e. The predicted molar refractivity (Wildman–Crippen MR) is 114 cm³/mol. The van der Waals surface area contributed by atoms with Crippen molar-refractivity contribution < 1.29 is 23.8 Å². The van der Waals surface area contributed by atoms with Crippen molar-refractivity contribution in [2.24, 2.45) is 0 Å². The molecular weight excluding hydrogens is 384 g/mol. The number of amides is 2. The third-order valence-corrected chi connectivity index (χ3v) is 4.65. The van der Waals surface area contributed by atoms with E-state index in [1.807, 2.05) is 19.9 Å². The fourth-order valence-electron chi connectivity index (χ4n) is 3.22. The van der Waals surface area contributed by atoms with Gasteiger partial charge in [0.2, 0.25) is 0 Å². The highest BCUT2D eigenvalue weighted by Crippen LogP contribution is 2.35. The highest BCUT2D eigenvalue weighted by atomic mass is 16.5. The molecule has 2 amide bonds. The fraction of sp³-hybridized carbons (Fsp3) is 0.304. The molecule has 7 heteroatoms. The zero-order valence-corrected chi connectivity index (χ0v) is 17.6. The maximum absolute atomic E-state index is 13.3. The number of ether oxygens (including phenoxy) is 3. The minimum absolute atomic E-state index is 0.00818. The van der Waals surface area contributed by atoms with Gasteiger partial charge in [-0.15, -0.1) is 0 Å². The minimum Gasteiger partial charge on any atom is -0.497 e. The normalized spacial score (nSPS) is 14.0. The second-order valence-corrected chi connectivity index (χ2v) is 6.99. The summed E-state index contributed by atoms with van der Waals surface area (Å²) in [6.07, 6.45) is 0.00818. The lowest BCUT2D eigenvalue weighted by molar-refractivity contribution is -0.137. The van der Waals surface area contributed by atoms with Gasteiger partial charge in [-0.25, -0.2) is 0 Å². The molecule has 2 aromatic carbocycles. The van der Waals surface area contributed by atoms with Crippen LogP contribution in [0.15, 0.2) is 54.2 Å². The van der Waals surface area contributed by atoms with Crippen LogP contribution in [-0.4, -0.2) is 50.2 Å². The Kier molecular flexibility index (Phi) is 6.74. The average molecular weight is 410 g/mol. The average Bonchev–Trinajstić information content (AvgIpc) is 2.97. The van der Waals surface area contributed by atoms with Crippen LogP contribution in [0.4, 0.5) is 5.69 Å². The molecule has 0 saturated heterocycles. The van der Waals surface area contributed by atoms with Crippen LogP contribution >= 0.6 is 0 Å². The van der Waals surface area contributed by atoms with E-state index in [2.05, 4.69) is 5.32 Å². The zero-order valence-electron chi connectivity index (χ0n) is 17.6. The Bertz CT molecular complexity index is 968. The van der Waals surface area contributed by atoms with E-state index in [0.717, 1.165) is 0 Å². The summed E-state index contributed by atoms with van der Waals surface area (Å²) in [6, 6.07) is 14.3. The number of methoxy groups -OCH3 is 2. The molecule has 158 valence electrons. The lowest BCUT2D eigenvalue weighted by atomic mass is 10.0. The summed E-state index contributed by atoms with van der Waals surface area (Å²) in [6.45, 7) is 4.24. The van der Waals surface area contributed by atoms with E-state index in [1.165, 1.54) is 12.0 Å². The van der Waals surface area contributed by atoms with Crippen molar-refractivity contribution in [1.29, 1.82) is 0 Å². The van der Waals surface area contributed by atoms with Gasteiger partial charge in [0.05, 0.1) is 39.0 Å². The van der Waals surface area contributed by atoms with Gasteiger partial charge < -0.3 is 19.5 Å². The number of carbonyl (C=O) groups excluding carboxylic acids is 2. The van der Waals surface area contributed by atoms with Crippen LogP contribution in [0.2, 0.25) is 0 Å². The molecule has 1 heterocycles. The van der Waals surface area contributed by atoms with Crippen molar-refractivity contribution in [3.63, 3.8) is 0 Å². The van der Waals surface area contributed by atoms with Crippen LogP contribution in [0.5, 0.6) is 11.5 Å². The second kappa shape index (κ2) is 9.45. The van der Waals surface area contributed by atoms with E-state index in [1.54, 1.807) is 49.6 Å². The molecule has 0 saturated carbocycles. The molecule has 0 fully saturated rings. The lowest BCUT2D eigenvalue weighted by Crippen LogP contribution is -2.35. The number of imide groups is 1. The quantitative estimate of drug-likeness (QED) is 0.639. The molecule has 0 radical (unpaired) electrons. The molecule has 0 unspecified atom stereocenters. The van der Waals surface area contributed by atoms with Gasteiger partial charge in [-0.1, -0.05) is 24.3 Å². The van der Waals surface area contributed by atoms with Gasteiger partial charge >= 0.3 is 0 Å². The monoisotopic (exact) mass is 410 g/mol. The van der Waals surface area contributed by atoms with Gasteiger partial charge in [-0.3, -0.25) is 14.5 Å². The van der Waals surface area contributed by atoms with Gasteiger partial charge in [0.1, 0.15) is 17.2 Å². The molecule has 0 spiro atoms. The summed E-state index contributed by atoms with van der Waals surface area (Å²) in [4.78, 5) is 27.6. The Hall–Kier alpha value is -3.32. The van der Waals surface area contributed by atoms with E-state index >= 15 is 0 Å². The Morgan fingerprint density at radius 1 is 0.967 bits per heavy atom. The van der Waals surface area contributed by atoms with E-state index in [0.29, 0.717) is 22.7 Å². The maximum atomic E-state index is 13.3. The van der Waals surface area contributed by atoms with E-state index in [-0.39, 0.29) is 36.4 Å². The Labute approximate surface area is 176 Å². The number of hydrogen-bond acceptors (Lipinski definition) is 6. The van der Waals surface area contributed by atoms with Crippen LogP contribution < -0.4 is 14.8 Å². The summed E-state index contributed by atoms with van der Waals surface area (Å²) in [7, 11) is 3.10. The van der Waals surface area contributed by atoms with Crippen molar-refractivity contribution in [2.75, 3.05) is 32.7 Å². The number of anilines is 1. The van der Waals surface area contributed by atoms with Gasteiger partial charge in [-0.2, -0.15) is 0 Å². The smallest absolute Gasteiger partial charge is 0.278 e.